The lowest BCUT2D eigenvalue weighted by atomic mass is 10.2. The number of anilines is 2. The second-order valence-electron chi connectivity index (χ2n) is 7.46. The highest BCUT2D eigenvalue weighted by molar-refractivity contribution is 7.11. The van der Waals surface area contributed by atoms with Crippen LogP contribution in [0.15, 0.2) is 28.3 Å². The minimum atomic E-state index is -4.49. The Bertz CT molecular complexity index is 1100. The van der Waals surface area contributed by atoms with Crippen LogP contribution in [0.25, 0.3) is 0 Å². The molecule has 1 atom stereocenters. The summed E-state index contributed by atoms with van der Waals surface area (Å²) < 4.78 is 83.9. The predicted octanol–water partition coefficient (Wildman–Crippen LogP) is 3.85. The molecule has 196 valence electrons. The number of pyridine rings is 1. The number of hydrogen-bond donors (Lipinski definition) is 3. The van der Waals surface area contributed by atoms with Crippen LogP contribution in [-0.4, -0.2) is 72.0 Å². The number of halogens is 6. The Morgan fingerprint density at radius 2 is 1.97 bits per heavy atom. The molecule has 36 heavy (non-hydrogen) atoms. The van der Waals surface area contributed by atoms with Crippen molar-refractivity contribution in [2.24, 2.45) is 9.98 Å². The number of aromatic nitrogens is 2. The number of nitrogens with one attached hydrogen (secondary N) is 3. The molecule has 9 nitrogen and oxygen atoms in total. The summed E-state index contributed by atoms with van der Waals surface area (Å²) in [4.78, 5) is 24.1. The number of carbonyl (C=O) groups is 1. The number of alkyl halides is 6. The highest BCUT2D eigenvalue weighted by Gasteiger charge is 2.40. The number of hydrogen-bond acceptors (Lipinski definition) is 9. The largest absolute Gasteiger partial charge is 0.476 e. The van der Waals surface area contributed by atoms with Gasteiger partial charge in [0.2, 0.25) is 5.88 Å². The summed E-state index contributed by atoms with van der Waals surface area (Å²) in [6.45, 7) is 1.12. The number of carbonyl (C=O) groups excluding carboxylic acids is 1. The van der Waals surface area contributed by atoms with Crippen molar-refractivity contribution in [2.75, 3.05) is 36.9 Å². The van der Waals surface area contributed by atoms with E-state index in [-0.39, 0.29) is 42.0 Å². The van der Waals surface area contributed by atoms with Gasteiger partial charge in [-0.2, -0.15) is 30.7 Å². The molecule has 1 amide bonds. The van der Waals surface area contributed by atoms with Gasteiger partial charge in [-0.15, -0.1) is 0 Å². The fraction of sp³-hybridized carbons (Fsp3) is 0.450. The molecule has 0 aliphatic carbocycles. The van der Waals surface area contributed by atoms with Crippen LogP contribution >= 0.6 is 11.5 Å². The summed E-state index contributed by atoms with van der Waals surface area (Å²) in [5.74, 6) is -0.244. The molecule has 0 aromatic carbocycles. The average Bonchev–Trinajstić information content (AvgIpc) is 3.16. The van der Waals surface area contributed by atoms with Gasteiger partial charge in [0.15, 0.2) is 6.04 Å². The lowest BCUT2D eigenvalue weighted by molar-refractivity contribution is -0.144. The normalized spacial score (nSPS) is 16.0. The van der Waals surface area contributed by atoms with Crippen LogP contribution in [0.2, 0.25) is 0 Å². The van der Waals surface area contributed by atoms with Crippen LogP contribution in [-0.2, 0) is 0 Å². The Morgan fingerprint density at radius 3 is 2.58 bits per heavy atom. The lowest BCUT2D eigenvalue weighted by Crippen LogP contribution is -2.34. The molecule has 0 bridgehead atoms. The Kier molecular flexibility index (Phi) is 8.84. The average molecular weight is 537 g/mol. The number of nitrogens with zero attached hydrogens (tertiary/aromatic N) is 4. The summed E-state index contributed by atoms with van der Waals surface area (Å²) in [5, 5.41) is 8.32. The van der Waals surface area contributed by atoms with E-state index in [9.17, 15) is 31.1 Å². The first-order chi connectivity index (χ1) is 16.9. The monoisotopic (exact) mass is 537 g/mol. The zero-order chi connectivity index (χ0) is 26.3. The van der Waals surface area contributed by atoms with E-state index in [1.54, 1.807) is 6.92 Å². The predicted molar refractivity (Wildman–Crippen MR) is 122 cm³/mol. The van der Waals surface area contributed by atoms with Gasteiger partial charge in [-0.3, -0.25) is 14.8 Å². The van der Waals surface area contributed by atoms with E-state index in [1.807, 2.05) is 0 Å². The molecular weight excluding hydrogens is 516 g/mol. The molecule has 1 unspecified atom stereocenters. The van der Waals surface area contributed by atoms with Crippen molar-refractivity contribution in [3.05, 3.63) is 29.6 Å². The molecule has 16 heteroatoms. The Balaban J connectivity index is 1.51. The fourth-order valence-electron chi connectivity index (χ4n) is 2.85. The summed E-state index contributed by atoms with van der Waals surface area (Å²) in [6.07, 6.45) is -7.34. The summed E-state index contributed by atoms with van der Waals surface area (Å²) in [5.41, 5.74) is 0.906. The highest BCUT2D eigenvalue weighted by atomic mass is 32.1. The lowest BCUT2D eigenvalue weighted by Gasteiger charge is -2.18. The molecule has 1 aliphatic rings. The van der Waals surface area contributed by atoms with Crippen molar-refractivity contribution in [3.63, 3.8) is 0 Å². The molecule has 0 radical (unpaired) electrons. The van der Waals surface area contributed by atoms with E-state index in [0.29, 0.717) is 11.4 Å². The van der Waals surface area contributed by atoms with Crippen LogP contribution in [0.1, 0.15) is 22.5 Å². The van der Waals surface area contributed by atoms with Crippen molar-refractivity contribution in [1.82, 2.24) is 14.7 Å². The molecule has 0 fully saturated rings. The molecule has 0 saturated heterocycles. The van der Waals surface area contributed by atoms with Crippen molar-refractivity contribution in [2.45, 2.75) is 31.7 Å². The first-order valence-electron chi connectivity index (χ1n) is 10.5. The molecule has 3 N–H and O–H groups in total. The number of ether oxygens (including phenoxy) is 1. The summed E-state index contributed by atoms with van der Waals surface area (Å²) >= 11 is 0.943. The van der Waals surface area contributed by atoms with E-state index in [2.05, 4.69) is 35.3 Å². The SMILES string of the molecule is Cc1nsc(NC2=NCC(C(F)(F)F)N=C2)c1C(=O)Nc1ccc(OCCNCCC(F)(F)F)nc1. The zero-order valence-corrected chi connectivity index (χ0v) is 19.5. The smallest absolute Gasteiger partial charge is 0.412 e. The summed E-state index contributed by atoms with van der Waals surface area (Å²) in [7, 11) is 0. The second-order valence-corrected chi connectivity index (χ2v) is 8.23. The highest BCUT2D eigenvalue weighted by Crippen LogP contribution is 2.27. The third-order valence-corrected chi connectivity index (χ3v) is 5.48. The Morgan fingerprint density at radius 1 is 1.19 bits per heavy atom. The third kappa shape index (κ3) is 8.15. The summed E-state index contributed by atoms with van der Waals surface area (Å²) in [6, 6.07) is 1.10. The molecule has 0 spiro atoms. The first kappa shape index (κ1) is 27.3. The number of rotatable bonds is 9. The van der Waals surface area contributed by atoms with E-state index in [1.165, 1.54) is 18.3 Å². The van der Waals surface area contributed by atoms with Gasteiger partial charge in [0.1, 0.15) is 17.4 Å². The first-order valence-corrected chi connectivity index (χ1v) is 11.2. The van der Waals surface area contributed by atoms with Gasteiger partial charge >= 0.3 is 12.4 Å². The number of amides is 1. The number of aryl methyl sites for hydroxylation is 1. The van der Waals surface area contributed by atoms with Crippen LogP contribution in [0.5, 0.6) is 5.88 Å². The zero-order valence-electron chi connectivity index (χ0n) is 18.7. The van der Waals surface area contributed by atoms with Crippen molar-refractivity contribution in [3.8, 4) is 5.88 Å². The fourth-order valence-corrected chi connectivity index (χ4v) is 3.65. The van der Waals surface area contributed by atoms with Crippen LogP contribution in [0.3, 0.4) is 0 Å². The second kappa shape index (κ2) is 11.6. The molecule has 1 aliphatic heterocycles. The maximum Gasteiger partial charge on any atom is 0.412 e. The maximum atomic E-state index is 12.8. The Labute approximate surface area is 205 Å². The van der Waals surface area contributed by atoms with E-state index >= 15 is 0 Å². The Hall–Kier alpha value is -3.27. The van der Waals surface area contributed by atoms with Crippen molar-refractivity contribution < 1.29 is 35.9 Å². The van der Waals surface area contributed by atoms with Gasteiger partial charge in [-0.1, -0.05) is 0 Å². The van der Waals surface area contributed by atoms with E-state index in [0.717, 1.165) is 17.7 Å². The maximum absolute atomic E-state index is 12.8. The van der Waals surface area contributed by atoms with Gasteiger partial charge in [-0.05, 0) is 24.5 Å². The van der Waals surface area contributed by atoms with Crippen LogP contribution in [0, 0.1) is 6.92 Å². The van der Waals surface area contributed by atoms with E-state index in [4.69, 9.17) is 4.74 Å². The van der Waals surface area contributed by atoms with E-state index < -0.39 is 37.3 Å². The minimum Gasteiger partial charge on any atom is -0.476 e. The molecular formula is C20H21F6N7O2S. The molecule has 2 aromatic rings. The topological polar surface area (TPSA) is 113 Å². The van der Waals surface area contributed by atoms with Crippen LogP contribution in [0.4, 0.5) is 37.0 Å². The third-order valence-electron chi connectivity index (χ3n) is 4.63. The molecule has 3 rings (SSSR count). The van der Waals surface area contributed by atoms with Crippen molar-refractivity contribution in [1.29, 1.82) is 0 Å². The number of aliphatic imine (C=N–C) groups is 2. The van der Waals surface area contributed by atoms with Gasteiger partial charge in [0, 0.05) is 19.2 Å². The van der Waals surface area contributed by atoms with Crippen molar-refractivity contribution >= 4 is 40.2 Å². The quantitative estimate of drug-likeness (QED) is 0.331. The van der Waals surface area contributed by atoms with Gasteiger partial charge in [0.05, 0.1) is 42.3 Å². The molecule has 2 aromatic heterocycles. The van der Waals surface area contributed by atoms with Crippen LogP contribution < -0.4 is 20.7 Å². The molecule has 3 heterocycles. The minimum absolute atomic E-state index is 0.0734. The number of amidine groups is 1. The van der Waals surface area contributed by atoms with Gasteiger partial charge in [0.25, 0.3) is 5.91 Å². The standard InChI is InChI=1S/C20H21F6N7O2S/c1-11-16(18(36-33-11)32-14-10-28-13(9-29-14)20(24,25)26)17(34)31-12-2-3-15(30-8-12)35-7-6-27-5-4-19(21,22)23/h2-3,8,10,13,27H,4-7,9H2,1H3,(H,29,32)(H,31,34). The van der Waals surface area contributed by atoms with Gasteiger partial charge < -0.3 is 20.7 Å². The molecule has 0 saturated carbocycles. The van der Waals surface area contributed by atoms with Gasteiger partial charge in [-0.25, -0.2) is 4.98 Å².